The van der Waals surface area contributed by atoms with Gasteiger partial charge in [0.15, 0.2) is 6.04 Å². The normalized spacial score (nSPS) is 13.4. The van der Waals surface area contributed by atoms with Crippen LogP contribution in [0.2, 0.25) is 0 Å². The van der Waals surface area contributed by atoms with Crippen LogP contribution in [0.25, 0.3) is 0 Å². The first-order valence-electron chi connectivity index (χ1n) is 9.51. The highest BCUT2D eigenvalue weighted by molar-refractivity contribution is 5.87. The van der Waals surface area contributed by atoms with Crippen molar-refractivity contribution in [1.29, 1.82) is 0 Å². The molecule has 0 saturated carbocycles. The highest BCUT2D eigenvalue weighted by atomic mass is 16.5. The van der Waals surface area contributed by atoms with E-state index in [9.17, 15) is 19.5 Å². The summed E-state index contributed by atoms with van der Waals surface area (Å²) in [7, 11) is 0. The standard InChI is InChI=1S/C20H28N2O5/c1-3-10-22(11-4-2)18(24)8-7-17(23)21-19(20(25)26)15-5-6-16-14(13-15)9-12-27-16/h5-6,13,19H,3-4,7-12H2,1-2H3,(H,21,23)(H,25,26). The molecule has 7 heteroatoms. The van der Waals surface area contributed by atoms with Crippen LogP contribution in [0.4, 0.5) is 0 Å². The van der Waals surface area contributed by atoms with Crippen LogP contribution >= 0.6 is 0 Å². The quantitative estimate of drug-likeness (QED) is 0.653. The van der Waals surface area contributed by atoms with Crippen LogP contribution in [0, 0.1) is 0 Å². The van der Waals surface area contributed by atoms with Gasteiger partial charge in [0.1, 0.15) is 5.75 Å². The summed E-state index contributed by atoms with van der Waals surface area (Å²) in [5.41, 5.74) is 1.45. The van der Waals surface area contributed by atoms with Gasteiger partial charge in [0.25, 0.3) is 0 Å². The molecule has 1 heterocycles. The van der Waals surface area contributed by atoms with E-state index in [-0.39, 0.29) is 18.7 Å². The monoisotopic (exact) mass is 376 g/mol. The van der Waals surface area contributed by atoms with Gasteiger partial charge < -0.3 is 20.1 Å². The fourth-order valence-corrected chi connectivity index (χ4v) is 3.19. The fraction of sp³-hybridized carbons (Fsp3) is 0.550. The third kappa shape index (κ3) is 5.70. The Kier molecular flexibility index (Phi) is 7.64. The molecule has 2 N–H and O–H groups in total. The molecule has 0 bridgehead atoms. The number of nitrogens with one attached hydrogen (secondary N) is 1. The second kappa shape index (κ2) is 9.94. The number of fused-ring (bicyclic) bond motifs is 1. The average Bonchev–Trinajstić information content (AvgIpc) is 3.11. The molecule has 2 amide bonds. The largest absolute Gasteiger partial charge is 0.493 e. The zero-order valence-electron chi connectivity index (χ0n) is 16.0. The number of nitrogens with zero attached hydrogens (tertiary/aromatic N) is 1. The molecule has 1 aromatic carbocycles. The maximum absolute atomic E-state index is 12.3. The number of rotatable bonds is 10. The Hall–Kier alpha value is -2.57. The first-order chi connectivity index (χ1) is 13.0. The number of benzene rings is 1. The molecule has 0 aliphatic carbocycles. The van der Waals surface area contributed by atoms with Crippen molar-refractivity contribution in [2.45, 2.75) is 52.0 Å². The number of amides is 2. The van der Waals surface area contributed by atoms with E-state index in [0.29, 0.717) is 25.3 Å². The van der Waals surface area contributed by atoms with Crippen molar-refractivity contribution in [3.63, 3.8) is 0 Å². The molecule has 0 radical (unpaired) electrons. The molecular formula is C20H28N2O5. The van der Waals surface area contributed by atoms with Crippen molar-refractivity contribution in [2.75, 3.05) is 19.7 Å². The van der Waals surface area contributed by atoms with Gasteiger partial charge in [-0.3, -0.25) is 9.59 Å². The maximum atomic E-state index is 12.3. The summed E-state index contributed by atoms with van der Waals surface area (Å²) in [5.74, 6) is -0.894. The van der Waals surface area contributed by atoms with Gasteiger partial charge in [-0.05, 0) is 36.1 Å². The number of ether oxygens (including phenoxy) is 1. The number of hydrogen-bond donors (Lipinski definition) is 2. The van der Waals surface area contributed by atoms with Crippen molar-refractivity contribution in [1.82, 2.24) is 10.2 Å². The molecule has 7 nitrogen and oxygen atoms in total. The minimum absolute atomic E-state index is 0.0272. The lowest BCUT2D eigenvalue weighted by Gasteiger charge is -2.21. The Labute approximate surface area is 159 Å². The molecule has 1 aliphatic heterocycles. The number of carbonyl (C=O) groups excluding carboxylic acids is 2. The summed E-state index contributed by atoms with van der Waals surface area (Å²) in [6, 6.07) is 4.01. The van der Waals surface area contributed by atoms with Gasteiger partial charge in [-0.1, -0.05) is 19.9 Å². The second-order valence-corrected chi connectivity index (χ2v) is 6.69. The maximum Gasteiger partial charge on any atom is 0.330 e. The lowest BCUT2D eigenvalue weighted by Crippen LogP contribution is -2.36. The van der Waals surface area contributed by atoms with Gasteiger partial charge in [0, 0.05) is 32.4 Å². The highest BCUT2D eigenvalue weighted by Gasteiger charge is 2.25. The van der Waals surface area contributed by atoms with Crippen molar-refractivity contribution < 1.29 is 24.2 Å². The fourth-order valence-electron chi connectivity index (χ4n) is 3.19. The van der Waals surface area contributed by atoms with E-state index >= 15 is 0 Å². The van der Waals surface area contributed by atoms with Crippen molar-refractivity contribution in [2.24, 2.45) is 0 Å². The number of aliphatic carboxylic acids is 1. The highest BCUT2D eigenvalue weighted by Crippen LogP contribution is 2.28. The van der Waals surface area contributed by atoms with Gasteiger partial charge in [-0.25, -0.2) is 4.79 Å². The Morgan fingerprint density at radius 3 is 2.52 bits per heavy atom. The van der Waals surface area contributed by atoms with Gasteiger partial charge in [-0.15, -0.1) is 0 Å². The molecule has 1 aliphatic rings. The molecule has 0 aromatic heterocycles. The van der Waals surface area contributed by atoms with E-state index in [1.54, 1.807) is 23.1 Å². The summed E-state index contributed by atoms with van der Waals surface area (Å²) in [5, 5.41) is 12.0. The molecular weight excluding hydrogens is 348 g/mol. The number of carbonyl (C=O) groups is 3. The predicted molar refractivity (Wildman–Crippen MR) is 101 cm³/mol. The van der Waals surface area contributed by atoms with Crippen LogP contribution in [0.1, 0.15) is 56.7 Å². The number of hydrogen-bond acceptors (Lipinski definition) is 4. The van der Waals surface area contributed by atoms with E-state index in [4.69, 9.17) is 4.74 Å². The first-order valence-corrected chi connectivity index (χ1v) is 9.51. The minimum atomic E-state index is -1.14. The van der Waals surface area contributed by atoms with E-state index < -0.39 is 17.9 Å². The van der Waals surface area contributed by atoms with Gasteiger partial charge in [0.05, 0.1) is 6.61 Å². The summed E-state index contributed by atoms with van der Waals surface area (Å²) < 4.78 is 5.42. The lowest BCUT2D eigenvalue weighted by atomic mass is 10.0. The van der Waals surface area contributed by atoms with Gasteiger partial charge >= 0.3 is 5.97 Å². The summed E-state index contributed by atoms with van der Waals surface area (Å²) in [4.78, 5) is 37.9. The molecule has 1 atom stereocenters. The van der Waals surface area contributed by atoms with Crippen molar-refractivity contribution >= 4 is 17.8 Å². The third-order valence-electron chi connectivity index (χ3n) is 4.50. The minimum Gasteiger partial charge on any atom is -0.493 e. The lowest BCUT2D eigenvalue weighted by molar-refractivity contribution is -0.142. The van der Waals surface area contributed by atoms with Crippen LogP contribution in [0.15, 0.2) is 18.2 Å². The first kappa shape index (κ1) is 20.7. The zero-order chi connectivity index (χ0) is 19.8. The smallest absolute Gasteiger partial charge is 0.330 e. The van der Waals surface area contributed by atoms with Crippen LogP contribution < -0.4 is 10.1 Å². The Bertz CT molecular complexity index is 683. The van der Waals surface area contributed by atoms with Gasteiger partial charge in [-0.2, -0.15) is 0 Å². The topological polar surface area (TPSA) is 95.9 Å². The van der Waals surface area contributed by atoms with Crippen LogP contribution in [-0.4, -0.2) is 47.5 Å². The van der Waals surface area contributed by atoms with Crippen LogP contribution in [0.3, 0.4) is 0 Å². The summed E-state index contributed by atoms with van der Waals surface area (Å²) in [6.45, 7) is 5.92. The molecule has 0 saturated heterocycles. The summed E-state index contributed by atoms with van der Waals surface area (Å²) >= 11 is 0. The van der Waals surface area contributed by atoms with E-state index in [0.717, 1.165) is 30.6 Å². The molecule has 2 rings (SSSR count). The molecule has 0 fully saturated rings. The Morgan fingerprint density at radius 1 is 1.19 bits per heavy atom. The SMILES string of the molecule is CCCN(CCC)C(=O)CCC(=O)NC(C(=O)O)c1ccc2c(c1)CCO2. The predicted octanol–water partition coefficient (Wildman–Crippen LogP) is 2.29. The van der Waals surface area contributed by atoms with Crippen molar-refractivity contribution in [3.8, 4) is 5.75 Å². The molecule has 1 aromatic rings. The number of carboxylic acid groups (broad SMARTS) is 1. The number of carboxylic acids is 1. The molecule has 1 unspecified atom stereocenters. The van der Waals surface area contributed by atoms with E-state index in [1.165, 1.54) is 0 Å². The molecule has 148 valence electrons. The van der Waals surface area contributed by atoms with Crippen LogP contribution in [0.5, 0.6) is 5.75 Å². The summed E-state index contributed by atoms with van der Waals surface area (Å²) in [6.07, 6.45) is 2.50. The molecule has 0 spiro atoms. The second-order valence-electron chi connectivity index (χ2n) is 6.69. The van der Waals surface area contributed by atoms with Crippen LogP contribution in [-0.2, 0) is 20.8 Å². The average molecular weight is 376 g/mol. The Morgan fingerprint density at radius 2 is 1.89 bits per heavy atom. The van der Waals surface area contributed by atoms with Crippen molar-refractivity contribution in [3.05, 3.63) is 29.3 Å². The van der Waals surface area contributed by atoms with Gasteiger partial charge in [0.2, 0.25) is 11.8 Å². The zero-order valence-corrected chi connectivity index (χ0v) is 16.0. The van der Waals surface area contributed by atoms with E-state index in [2.05, 4.69) is 5.32 Å². The molecule has 27 heavy (non-hydrogen) atoms. The Balaban J connectivity index is 1.95. The third-order valence-corrected chi connectivity index (χ3v) is 4.50. The van der Waals surface area contributed by atoms with E-state index in [1.807, 2.05) is 13.8 Å².